The summed E-state index contributed by atoms with van der Waals surface area (Å²) in [5, 5.41) is 0. The lowest BCUT2D eigenvalue weighted by Gasteiger charge is -2.10. The zero-order valence-corrected chi connectivity index (χ0v) is 8.30. The fourth-order valence-electron chi connectivity index (χ4n) is 1.00. The maximum Gasteiger partial charge on any atom is 0.129 e. The molecule has 0 spiro atoms. The Morgan fingerprint density at radius 2 is 2.08 bits per heavy atom. The Bertz CT molecular complexity index is 281. The first-order valence-corrected chi connectivity index (χ1v) is 4.49. The Balaban J connectivity index is 2.71. The van der Waals surface area contributed by atoms with Crippen LogP contribution in [-0.2, 0) is 0 Å². The summed E-state index contributed by atoms with van der Waals surface area (Å²) in [4.78, 5) is 0. The summed E-state index contributed by atoms with van der Waals surface area (Å²) in [5.74, 6) is 0.901. The van der Waals surface area contributed by atoms with Crippen LogP contribution in [0.15, 0.2) is 18.2 Å². The second-order valence-corrected chi connectivity index (χ2v) is 3.57. The van der Waals surface area contributed by atoms with Crippen LogP contribution in [0.25, 0.3) is 0 Å². The number of ether oxygens (including phenoxy) is 1. The molecular weight excluding hydrogens is 167 g/mol. The predicted octanol–water partition coefficient (Wildman–Crippen LogP) is 3.17. The minimum absolute atomic E-state index is 0.207. The van der Waals surface area contributed by atoms with Crippen molar-refractivity contribution in [2.75, 3.05) is 6.61 Å². The molecule has 0 fully saturated rings. The maximum absolute atomic E-state index is 13.0. The normalized spacial score (nSPS) is 10.5. The monoisotopic (exact) mass is 182 g/mol. The Morgan fingerprint density at radius 3 is 2.69 bits per heavy atom. The van der Waals surface area contributed by atoms with E-state index >= 15 is 0 Å². The van der Waals surface area contributed by atoms with Gasteiger partial charge in [0.1, 0.15) is 11.6 Å². The van der Waals surface area contributed by atoms with Crippen molar-refractivity contribution >= 4 is 0 Å². The standard InChI is InChI=1S/C11H15FO/c1-8(2)7-13-11-6-4-5-10(12)9(11)3/h4-6,8H,7H2,1-3H3. The molecule has 1 rings (SSSR count). The second-order valence-electron chi connectivity index (χ2n) is 3.57. The molecule has 13 heavy (non-hydrogen) atoms. The predicted molar refractivity (Wildman–Crippen MR) is 51.5 cm³/mol. The highest BCUT2D eigenvalue weighted by Crippen LogP contribution is 2.20. The van der Waals surface area contributed by atoms with E-state index in [1.807, 2.05) is 0 Å². The number of rotatable bonds is 3. The first-order valence-electron chi connectivity index (χ1n) is 4.49. The number of benzene rings is 1. The molecule has 1 aromatic carbocycles. The van der Waals surface area contributed by atoms with Gasteiger partial charge in [-0.25, -0.2) is 4.39 Å². The lowest BCUT2D eigenvalue weighted by Crippen LogP contribution is -2.05. The summed E-state index contributed by atoms with van der Waals surface area (Å²) in [6, 6.07) is 4.90. The Hall–Kier alpha value is -1.05. The van der Waals surface area contributed by atoms with E-state index in [9.17, 15) is 4.39 Å². The van der Waals surface area contributed by atoms with Crippen molar-refractivity contribution in [3.05, 3.63) is 29.6 Å². The van der Waals surface area contributed by atoms with E-state index < -0.39 is 0 Å². The Morgan fingerprint density at radius 1 is 1.38 bits per heavy atom. The van der Waals surface area contributed by atoms with Crippen molar-refractivity contribution in [3.63, 3.8) is 0 Å². The van der Waals surface area contributed by atoms with Gasteiger partial charge < -0.3 is 4.74 Å². The van der Waals surface area contributed by atoms with E-state index in [2.05, 4.69) is 13.8 Å². The van der Waals surface area contributed by atoms with Crippen molar-refractivity contribution < 1.29 is 9.13 Å². The summed E-state index contributed by atoms with van der Waals surface area (Å²) in [7, 11) is 0. The van der Waals surface area contributed by atoms with E-state index in [0.717, 1.165) is 0 Å². The van der Waals surface area contributed by atoms with Crippen LogP contribution in [0, 0.1) is 18.7 Å². The van der Waals surface area contributed by atoms with Crippen molar-refractivity contribution in [2.24, 2.45) is 5.92 Å². The van der Waals surface area contributed by atoms with Gasteiger partial charge in [-0.05, 0) is 25.0 Å². The highest BCUT2D eigenvalue weighted by Gasteiger charge is 2.04. The SMILES string of the molecule is Cc1c(F)cccc1OCC(C)C. The topological polar surface area (TPSA) is 9.23 Å². The summed E-state index contributed by atoms with van der Waals surface area (Å²) in [6.07, 6.45) is 0. The molecule has 0 heterocycles. The summed E-state index contributed by atoms with van der Waals surface area (Å²) < 4.78 is 18.5. The van der Waals surface area contributed by atoms with E-state index in [1.54, 1.807) is 19.1 Å². The van der Waals surface area contributed by atoms with Crippen LogP contribution < -0.4 is 4.74 Å². The molecule has 0 radical (unpaired) electrons. The quantitative estimate of drug-likeness (QED) is 0.697. The van der Waals surface area contributed by atoms with Gasteiger partial charge in [0.05, 0.1) is 6.61 Å². The summed E-state index contributed by atoms with van der Waals surface area (Å²) in [5.41, 5.74) is 0.586. The number of halogens is 1. The molecule has 72 valence electrons. The molecule has 0 aliphatic carbocycles. The van der Waals surface area contributed by atoms with Gasteiger partial charge in [-0.3, -0.25) is 0 Å². The van der Waals surface area contributed by atoms with Gasteiger partial charge >= 0.3 is 0 Å². The van der Waals surface area contributed by atoms with E-state index in [0.29, 0.717) is 23.8 Å². The molecule has 0 aliphatic heterocycles. The van der Waals surface area contributed by atoms with Crippen molar-refractivity contribution in [2.45, 2.75) is 20.8 Å². The lowest BCUT2D eigenvalue weighted by molar-refractivity contribution is 0.268. The maximum atomic E-state index is 13.0. The van der Waals surface area contributed by atoms with E-state index in [-0.39, 0.29) is 5.82 Å². The molecule has 1 nitrogen and oxygen atoms in total. The lowest BCUT2D eigenvalue weighted by atomic mass is 10.2. The van der Waals surface area contributed by atoms with Gasteiger partial charge in [-0.2, -0.15) is 0 Å². The van der Waals surface area contributed by atoms with Gasteiger partial charge in [-0.15, -0.1) is 0 Å². The molecule has 0 atom stereocenters. The van der Waals surface area contributed by atoms with Crippen LogP contribution in [0.2, 0.25) is 0 Å². The zero-order valence-electron chi connectivity index (χ0n) is 8.30. The second kappa shape index (κ2) is 4.26. The summed E-state index contributed by atoms with van der Waals surface area (Å²) in [6.45, 7) is 6.48. The minimum atomic E-state index is -0.207. The van der Waals surface area contributed by atoms with Crippen molar-refractivity contribution in [3.8, 4) is 5.75 Å². The van der Waals surface area contributed by atoms with Crippen LogP contribution >= 0.6 is 0 Å². The number of hydrogen-bond acceptors (Lipinski definition) is 1. The minimum Gasteiger partial charge on any atom is -0.493 e. The van der Waals surface area contributed by atoms with Gasteiger partial charge in [0, 0.05) is 5.56 Å². The molecule has 1 aromatic rings. The molecule has 0 saturated heterocycles. The molecule has 0 N–H and O–H groups in total. The fraction of sp³-hybridized carbons (Fsp3) is 0.455. The first-order chi connectivity index (χ1) is 6.11. The molecule has 0 amide bonds. The molecule has 0 bridgehead atoms. The van der Waals surface area contributed by atoms with E-state index in [1.165, 1.54) is 6.07 Å². The Labute approximate surface area is 78.5 Å². The summed E-state index contributed by atoms with van der Waals surface area (Å²) >= 11 is 0. The Kier molecular flexibility index (Phi) is 3.29. The largest absolute Gasteiger partial charge is 0.493 e. The third kappa shape index (κ3) is 2.72. The average Bonchev–Trinajstić information content (AvgIpc) is 2.07. The molecule has 0 unspecified atom stereocenters. The fourth-order valence-corrected chi connectivity index (χ4v) is 1.00. The molecule has 0 saturated carbocycles. The molecule has 0 aliphatic rings. The highest BCUT2D eigenvalue weighted by atomic mass is 19.1. The molecule has 0 aromatic heterocycles. The van der Waals surface area contributed by atoms with Gasteiger partial charge in [-0.1, -0.05) is 19.9 Å². The molecule has 2 heteroatoms. The van der Waals surface area contributed by atoms with Crippen LogP contribution in [0.5, 0.6) is 5.75 Å². The average molecular weight is 182 g/mol. The van der Waals surface area contributed by atoms with Crippen molar-refractivity contribution in [1.82, 2.24) is 0 Å². The smallest absolute Gasteiger partial charge is 0.129 e. The zero-order chi connectivity index (χ0) is 9.84. The van der Waals surface area contributed by atoms with Crippen LogP contribution in [0.3, 0.4) is 0 Å². The van der Waals surface area contributed by atoms with Gasteiger partial charge in [0.15, 0.2) is 0 Å². The number of hydrogen-bond donors (Lipinski definition) is 0. The van der Waals surface area contributed by atoms with Crippen molar-refractivity contribution in [1.29, 1.82) is 0 Å². The first kappa shape index (κ1) is 10.0. The molecular formula is C11H15FO. The third-order valence-electron chi connectivity index (χ3n) is 1.79. The van der Waals surface area contributed by atoms with Crippen LogP contribution in [0.1, 0.15) is 19.4 Å². The third-order valence-corrected chi connectivity index (χ3v) is 1.79. The van der Waals surface area contributed by atoms with Gasteiger partial charge in [0.2, 0.25) is 0 Å². The van der Waals surface area contributed by atoms with Crippen LogP contribution in [-0.4, -0.2) is 6.61 Å². The van der Waals surface area contributed by atoms with Gasteiger partial charge in [0.25, 0.3) is 0 Å². The van der Waals surface area contributed by atoms with E-state index in [4.69, 9.17) is 4.74 Å². The van der Waals surface area contributed by atoms with Crippen LogP contribution in [0.4, 0.5) is 4.39 Å². The highest BCUT2D eigenvalue weighted by molar-refractivity contribution is 5.33.